The molecule has 16 heavy (non-hydrogen) atoms. The van der Waals surface area contributed by atoms with Crippen LogP contribution >= 0.6 is 0 Å². The minimum Gasteiger partial charge on any atom is -0.492 e. The quantitative estimate of drug-likeness (QED) is 0.567. The third-order valence-corrected chi connectivity index (χ3v) is 1.39. The maximum atomic E-state index is 10.9. The van der Waals surface area contributed by atoms with Gasteiger partial charge in [0.2, 0.25) is 11.8 Å². The van der Waals surface area contributed by atoms with Crippen LogP contribution in [0, 0.1) is 0 Å². The van der Waals surface area contributed by atoms with Crippen molar-refractivity contribution in [3.05, 3.63) is 12.1 Å². The van der Waals surface area contributed by atoms with Gasteiger partial charge in [0.1, 0.15) is 0 Å². The monoisotopic (exact) mass is 231 g/mol. The van der Waals surface area contributed by atoms with Crippen molar-refractivity contribution in [1.82, 2.24) is 4.73 Å². The van der Waals surface area contributed by atoms with Crippen LogP contribution in [0.5, 0.6) is 11.8 Å². The van der Waals surface area contributed by atoms with Crippen LogP contribution in [0.1, 0.15) is 6.92 Å². The van der Waals surface area contributed by atoms with Gasteiger partial charge < -0.3 is 19.7 Å². The number of carbonyl (C=O) groups excluding carboxylic acids is 2. The van der Waals surface area contributed by atoms with Crippen LogP contribution in [0.25, 0.3) is 0 Å². The topological polar surface area (TPSA) is 107 Å². The smallest absolute Gasteiger partial charge is 0.492 e. The van der Waals surface area contributed by atoms with Crippen molar-refractivity contribution in [2.24, 2.45) is 0 Å². The maximum Gasteiger partial charge on any atom is 0.544 e. The molecule has 0 aliphatic carbocycles. The van der Waals surface area contributed by atoms with Gasteiger partial charge in [-0.15, -0.1) is 4.73 Å². The lowest BCUT2D eigenvalue weighted by Crippen LogP contribution is -2.23. The van der Waals surface area contributed by atoms with E-state index in [1.807, 2.05) is 0 Å². The largest absolute Gasteiger partial charge is 0.544 e. The molecule has 88 valence electrons. The highest BCUT2D eigenvalue weighted by atomic mass is 16.9. The van der Waals surface area contributed by atoms with Gasteiger partial charge in [0.15, 0.2) is 0 Å². The highest BCUT2D eigenvalue weighted by Crippen LogP contribution is 2.18. The molecule has 1 heterocycles. The van der Waals surface area contributed by atoms with Crippen LogP contribution in [-0.4, -0.2) is 33.9 Å². The van der Waals surface area contributed by atoms with Crippen LogP contribution in [0.15, 0.2) is 12.1 Å². The zero-order valence-corrected chi connectivity index (χ0v) is 8.24. The van der Waals surface area contributed by atoms with E-state index in [1.165, 1.54) is 6.92 Å². The highest BCUT2D eigenvalue weighted by molar-refractivity contribution is 5.77. The Hall–Kier alpha value is -2.38. The lowest BCUT2D eigenvalue weighted by Gasteiger charge is -2.05. The number of carbonyl (C=O) groups is 2. The van der Waals surface area contributed by atoms with Gasteiger partial charge in [-0.3, -0.25) is 4.84 Å². The van der Waals surface area contributed by atoms with E-state index in [0.29, 0.717) is 4.73 Å². The van der Waals surface area contributed by atoms with Gasteiger partial charge >= 0.3 is 12.3 Å². The maximum absolute atomic E-state index is 10.9. The fourth-order valence-electron chi connectivity index (χ4n) is 0.804. The molecule has 0 atom stereocenters. The first-order chi connectivity index (χ1) is 7.54. The molecule has 0 saturated heterocycles. The summed E-state index contributed by atoms with van der Waals surface area (Å²) in [6, 6.07) is 2.15. The zero-order chi connectivity index (χ0) is 12.1. The van der Waals surface area contributed by atoms with Crippen molar-refractivity contribution >= 4 is 12.3 Å². The Bertz CT molecular complexity index is 378. The van der Waals surface area contributed by atoms with Gasteiger partial charge in [-0.25, -0.2) is 9.59 Å². The molecule has 0 amide bonds. The molecule has 0 saturated carbocycles. The summed E-state index contributed by atoms with van der Waals surface area (Å²) in [5.41, 5.74) is 0. The predicted octanol–water partition coefficient (Wildman–Crippen LogP) is 0.621. The van der Waals surface area contributed by atoms with E-state index in [2.05, 4.69) is 14.3 Å². The number of hydrogen-bond donors (Lipinski definition) is 2. The molecule has 0 aliphatic heterocycles. The summed E-state index contributed by atoms with van der Waals surface area (Å²) in [6.45, 7) is 1.56. The molecule has 1 aromatic heterocycles. The molecule has 8 heteroatoms. The molecule has 0 fully saturated rings. The van der Waals surface area contributed by atoms with E-state index in [4.69, 9.17) is 10.2 Å². The molecule has 2 N–H and O–H groups in total. The van der Waals surface area contributed by atoms with Crippen LogP contribution < -0.4 is 4.84 Å². The second kappa shape index (κ2) is 4.91. The Kier molecular flexibility index (Phi) is 3.59. The van der Waals surface area contributed by atoms with Gasteiger partial charge in [0, 0.05) is 12.1 Å². The average Bonchev–Trinajstić information content (AvgIpc) is 2.49. The van der Waals surface area contributed by atoms with Gasteiger partial charge in [0.25, 0.3) is 0 Å². The van der Waals surface area contributed by atoms with Crippen molar-refractivity contribution in [1.29, 1.82) is 0 Å². The zero-order valence-electron chi connectivity index (χ0n) is 8.24. The molecule has 1 aromatic rings. The number of nitrogens with zero attached hydrogens (tertiary/aromatic N) is 1. The van der Waals surface area contributed by atoms with Crippen LogP contribution in [-0.2, 0) is 9.47 Å². The van der Waals surface area contributed by atoms with E-state index in [0.717, 1.165) is 12.1 Å². The van der Waals surface area contributed by atoms with Gasteiger partial charge in [-0.05, 0) is 6.92 Å². The van der Waals surface area contributed by atoms with E-state index in [1.54, 1.807) is 0 Å². The van der Waals surface area contributed by atoms with Crippen molar-refractivity contribution in [3.8, 4) is 11.8 Å². The lowest BCUT2D eigenvalue weighted by molar-refractivity contribution is 0.0263. The molecule has 0 aliphatic rings. The second-order valence-electron chi connectivity index (χ2n) is 2.47. The number of ether oxygens (including phenoxy) is 2. The molecule has 0 bridgehead atoms. The molecule has 0 unspecified atom stereocenters. The van der Waals surface area contributed by atoms with Crippen molar-refractivity contribution in [2.75, 3.05) is 6.61 Å². The van der Waals surface area contributed by atoms with E-state index >= 15 is 0 Å². The first-order valence-corrected chi connectivity index (χ1v) is 4.21. The first kappa shape index (κ1) is 11.7. The number of aromatic nitrogens is 1. The standard InChI is InChI=1S/C8H9NO7/c1-2-14-7(12)15-8(13)16-9-5(10)3-4-6(9)11/h3-4,10-11H,2H2,1H3. The first-order valence-electron chi connectivity index (χ1n) is 4.21. The SMILES string of the molecule is CCOC(=O)OC(=O)On1c(O)ccc1O. The fraction of sp³-hybridized carbons (Fsp3) is 0.250. The van der Waals surface area contributed by atoms with Crippen molar-refractivity contribution in [3.63, 3.8) is 0 Å². The molecule has 8 nitrogen and oxygen atoms in total. The minimum atomic E-state index is -1.44. The number of hydrogen-bond acceptors (Lipinski definition) is 7. The lowest BCUT2D eigenvalue weighted by atomic mass is 10.6. The summed E-state index contributed by atoms with van der Waals surface area (Å²) in [7, 11) is 0. The van der Waals surface area contributed by atoms with Crippen molar-refractivity contribution < 1.29 is 34.1 Å². The van der Waals surface area contributed by atoms with Crippen molar-refractivity contribution in [2.45, 2.75) is 6.92 Å². The predicted molar refractivity (Wildman–Crippen MR) is 47.8 cm³/mol. The molecular formula is C8H9NO7. The van der Waals surface area contributed by atoms with Crippen LogP contribution in [0.3, 0.4) is 0 Å². The summed E-state index contributed by atoms with van der Waals surface area (Å²) in [5, 5.41) is 18.1. The van der Waals surface area contributed by atoms with Gasteiger partial charge in [-0.2, -0.15) is 0 Å². The number of rotatable bonds is 2. The Balaban J connectivity index is 2.55. The van der Waals surface area contributed by atoms with E-state index in [9.17, 15) is 9.59 Å². The second-order valence-corrected chi connectivity index (χ2v) is 2.47. The normalized spacial score (nSPS) is 9.56. The Morgan fingerprint density at radius 1 is 1.25 bits per heavy atom. The fourth-order valence-corrected chi connectivity index (χ4v) is 0.804. The average molecular weight is 231 g/mol. The summed E-state index contributed by atoms with van der Waals surface area (Å²) in [4.78, 5) is 25.9. The highest BCUT2D eigenvalue weighted by Gasteiger charge is 2.17. The Labute approximate surface area is 89.5 Å². The summed E-state index contributed by atoms with van der Waals surface area (Å²) in [5.74, 6) is -1.06. The molecule has 0 aromatic carbocycles. The molecule has 1 rings (SSSR count). The van der Waals surface area contributed by atoms with Gasteiger partial charge in [-0.1, -0.05) is 0 Å². The molecule has 0 spiro atoms. The molecular weight excluding hydrogens is 222 g/mol. The summed E-state index contributed by atoms with van der Waals surface area (Å²) >= 11 is 0. The van der Waals surface area contributed by atoms with Crippen LogP contribution in [0.4, 0.5) is 9.59 Å². The summed E-state index contributed by atoms with van der Waals surface area (Å²) in [6.07, 6.45) is -2.68. The minimum absolute atomic E-state index is 0.0339. The third-order valence-electron chi connectivity index (χ3n) is 1.39. The molecule has 0 radical (unpaired) electrons. The Morgan fingerprint density at radius 2 is 1.81 bits per heavy atom. The number of aromatic hydroxyl groups is 2. The van der Waals surface area contributed by atoms with E-state index < -0.39 is 24.1 Å². The Morgan fingerprint density at radius 3 is 2.31 bits per heavy atom. The summed E-state index contributed by atoms with van der Waals surface area (Å²) < 4.78 is 8.68. The third kappa shape index (κ3) is 2.80. The van der Waals surface area contributed by atoms with Gasteiger partial charge in [0.05, 0.1) is 6.61 Å². The van der Waals surface area contributed by atoms with E-state index in [-0.39, 0.29) is 6.61 Å². The van der Waals surface area contributed by atoms with Crippen LogP contribution in [0.2, 0.25) is 0 Å².